The number of aromatic nitrogens is 3. The smallest absolute Gasteiger partial charge is 0.254 e. The lowest BCUT2D eigenvalue weighted by Crippen LogP contribution is -2.24. The molecule has 2 heterocycles. The Hall–Kier alpha value is -3.48. The van der Waals surface area contributed by atoms with Crippen LogP contribution in [0.3, 0.4) is 0 Å². The Bertz CT molecular complexity index is 1170. The van der Waals surface area contributed by atoms with Crippen molar-refractivity contribution in [2.75, 3.05) is 0 Å². The number of imide groups is 1. The SMILES string of the molecule is Cc1cc(CC2CCCC3=C2C(=O)NC3=O)c(O)c(-n2nc3ccccc3n2)c1. The van der Waals surface area contributed by atoms with E-state index < -0.39 is 0 Å². The number of aryl methyl sites for hydroxylation is 1. The number of fused-ring (bicyclic) bond motifs is 1. The molecule has 1 aromatic heterocycles. The van der Waals surface area contributed by atoms with Crippen LogP contribution in [-0.2, 0) is 16.0 Å². The van der Waals surface area contributed by atoms with E-state index in [1.54, 1.807) is 0 Å². The standard InChI is InChI=1S/C22H20N4O3/c1-12-9-14(11-13-5-4-6-15-19(13)22(29)23-21(15)28)20(27)18(10-12)26-24-16-7-2-3-8-17(16)25-26/h2-3,7-10,13,27H,4-6,11H2,1H3,(H,23,28,29). The van der Waals surface area contributed by atoms with Gasteiger partial charge in [-0.3, -0.25) is 14.9 Å². The number of phenolic OH excluding ortho intramolecular Hbond substituents is 1. The van der Waals surface area contributed by atoms with Crippen molar-refractivity contribution in [1.82, 2.24) is 20.3 Å². The number of nitrogens with zero attached hydrogens (tertiary/aromatic N) is 3. The summed E-state index contributed by atoms with van der Waals surface area (Å²) < 4.78 is 0. The van der Waals surface area contributed by atoms with Crippen LogP contribution in [0.25, 0.3) is 16.7 Å². The number of benzene rings is 2. The molecule has 29 heavy (non-hydrogen) atoms. The Morgan fingerprint density at radius 1 is 1.14 bits per heavy atom. The van der Waals surface area contributed by atoms with Gasteiger partial charge < -0.3 is 5.11 Å². The van der Waals surface area contributed by atoms with Crippen LogP contribution in [0, 0.1) is 12.8 Å². The van der Waals surface area contributed by atoms with Gasteiger partial charge in [0, 0.05) is 11.1 Å². The third-order valence-electron chi connectivity index (χ3n) is 5.74. The number of aromatic hydroxyl groups is 1. The number of hydrogen-bond donors (Lipinski definition) is 2. The predicted octanol–water partition coefficient (Wildman–Crippen LogP) is 2.73. The van der Waals surface area contributed by atoms with E-state index >= 15 is 0 Å². The highest BCUT2D eigenvalue weighted by atomic mass is 16.3. The summed E-state index contributed by atoms with van der Waals surface area (Å²) >= 11 is 0. The van der Waals surface area contributed by atoms with E-state index in [1.807, 2.05) is 43.3 Å². The monoisotopic (exact) mass is 388 g/mol. The Morgan fingerprint density at radius 2 is 1.86 bits per heavy atom. The summed E-state index contributed by atoms with van der Waals surface area (Å²) in [6.45, 7) is 1.95. The molecular formula is C22H20N4O3. The maximum absolute atomic E-state index is 12.3. The topological polar surface area (TPSA) is 97.1 Å². The highest BCUT2D eigenvalue weighted by Gasteiger charge is 2.37. The highest BCUT2D eigenvalue weighted by molar-refractivity contribution is 6.19. The van der Waals surface area contributed by atoms with Gasteiger partial charge in [-0.05, 0) is 67.9 Å². The summed E-state index contributed by atoms with van der Waals surface area (Å²) in [4.78, 5) is 25.7. The largest absolute Gasteiger partial charge is 0.505 e. The second-order valence-corrected chi connectivity index (χ2v) is 7.74. The number of rotatable bonds is 3. The fourth-order valence-corrected chi connectivity index (χ4v) is 4.43. The minimum atomic E-state index is -0.290. The molecule has 2 aromatic carbocycles. The van der Waals surface area contributed by atoms with Gasteiger partial charge >= 0.3 is 0 Å². The molecule has 0 radical (unpaired) electrons. The third-order valence-corrected chi connectivity index (χ3v) is 5.74. The van der Waals surface area contributed by atoms with Gasteiger partial charge in [0.15, 0.2) is 0 Å². The van der Waals surface area contributed by atoms with Crippen molar-refractivity contribution in [3.8, 4) is 11.4 Å². The zero-order valence-corrected chi connectivity index (χ0v) is 16.0. The van der Waals surface area contributed by atoms with Crippen LogP contribution in [-0.4, -0.2) is 31.9 Å². The van der Waals surface area contributed by atoms with E-state index in [0.717, 1.165) is 35.0 Å². The van der Waals surface area contributed by atoms with Gasteiger partial charge in [0.05, 0.1) is 0 Å². The molecule has 0 saturated heterocycles. The predicted molar refractivity (Wildman–Crippen MR) is 106 cm³/mol. The molecule has 7 heteroatoms. The normalized spacial score (nSPS) is 19.0. The van der Waals surface area contributed by atoms with Crippen LogP contribution in [0.4, 0.5) is 0 Å². The summed E-state index contributed by atoms with van der Waals surface area (Å²) in [7, 11) is 0. The van der Waals surface area contributed by atoms with Gasteiger partial charge in [-0.25, -0.2) is 0 Å². The molecule has 2 aliphatic rings. The van der Waals surface area contributed by atoms with E-state index in [2.05, 4.69) is 15.5 Å². The lowest BCUT2D eigenvalue weighted by atomic mass is 9.80. The van der Waals surface area contributed by atoms with Crippen molar-refractivity contribution in [2.45, 2.75) is 32.6 Å². The van der Waals surface area contributed by atoms with Crippen molar-refractivity contribution in [2.24, 2.45) is 5.92 Å². The fourth-order valence-electron chi connectivity index (χ4n) is 4.43. The van der Waals surface area contributed by atoms with Gasteiger partial charge in [-0.1, -0.05) is 18.2 Å². The third kappa shape index (κ3) is 2.90. The summed E-state index contributed by atoms with van der Waals surface area (Å²) in [6.07, 6.45) is 2.79. The van der Waals surface area contributed by atoms with Crippen LogP contribution in [0.2, 0.25) is 0 Å². The Balaban J connectivity index is 1.55. The van der Waals surface area contributed by atoms with Gasteiger partial charge in [0.25, 0.3) is 11.8 Å². The fraction of sp³-hybridized carbons (Fsp3) is 0.273. The lowest BCUT2D eigenvalue weighted by Gasteiger charge is -2.23. The average Bonchev–Trinajstić information content (AvgIpc) is 3.26. The summed E-state index contributed by atoms with van der Waals surface area (Å²) in [5.41, 5.74) is 4.90. The molecule has 5 rings (SSSR count). The molecule has 1 unspecified atom stereocenters. The second kappa shape index (κ2) is 6.55. The highest BCUT2D eigenvalue weighted by Crippen LogP contribution is 2.38. The van der Waals surface area contributed by atoms with Crippen LogP contribution >= 0.6 is 0 Å². The Labute approximate surface area is 167 Å². The lowest BCUT2D eigenvalue weighted by molar-refractivity contribution is -0.124. The molecule has 7 nitrogen and oxygen atoms in total. The molecule has 1 atom stereocenters. The first-order valence-corrected chi connectivity index (χ1v) is 9.75. The van der Waals surface area contributed by atoms with Crippen LogP contribution < -0.4 is 5.32 Å². The van der Waals surface area contributed by atoms with Crippen molar-refractivity contribution in [3.63, 3.8) is 0 Å². The summed E-state index contributed by atoms with van der Waals surface area (Å²) in [5, 5.41) is 22.4. The molecule has 0 saturated carbocycles. The zero-order valence-electron chi connectivity index (χ0n) is 16.0. The second-order valence-electron chi connectivity index (χ2n) is 7.74. The molecule has 0 fully saturated rings. The Kier molecular flexibility index (Phi) is 3.97. The molecule has 2 N–H and O–H groups in total. The molecule has 2 amide bonds. The first kappa shape index (κ1) is 17.6. The minimum absolute atomic E-state index is 0.0876. The van der Waals surface area contributed by atoms with Gasteiger partial charge in [-0.15, -0.1) is 15.0 Å². The first-order chi connectivity index (χ1) is 14.0. The van der Waals surface area contributed by atoms with E-state index in [-0.39, 0.29) is 23.5 Å². The molecule has 1 aliphatic carbocycles. The summed E-state index contributed by atoms with van der Waals surface area (Å²) in [6, 6.07) is 11.3. The number of phenols is 1. The number of carbonyl (C=O) groups is 2. The van der Waals surface area contributed by atoms with E-state index in [0.29, 0.717) is 29.7 Å². The molecule has 3 aromatic rings. The quantitative estimate of drug-likeness (QED) is 0.673. The first-order valence-electron chi connectivity index (χ1n) is 9.75. The van der Waals surface area contributed by atoms with Crippen molar-refractivity contribution < 1.29 is 14.7 Å². The van der Waals surface area contributed by atoms with Crippen LogP contribution in [0.1, 0.15) is 30.4 Å². The number of nitrogens with one attached hydrogen (secondary N) is 1. The summed E-state index contributed by atoms with van der Waals surface area (Å²) in [5.74, 6) is -0.540. The van der Waals surface area contributed by atoms with Gasteiger partial charge in [-0.2, -0.15) is 0 Å². The van der Waals surface area contributed by atoms with Gasteiger partial charge in [0.1, 0.15) is 22.5 Å². The Morgan fingerprint density at radius 3 is 2.59 bits per heavy atom. The maximum atomic E-state index is 12.3. The minimum Gasteiger partial charge on any atom is -0.505 e. The molecule has 1 aliphatic heterocycles. The van der Waals surface area contributed by atoms with Crippen molar-refractivity contribution in [1.29, 1.82) is 0 Å². The molecule has 0 bridgehead atoms. The van der Waals surface area contributed by atoms with Gasteiger partial charge in [0.2, 0.25) is 0 Å². The molecule has 146 valence electrons. The molecular weight excluding hydrogens is 368 g/mol. The number of carbonyl (C=O) groups excluding carboxylic acids is 2. The molecule has 0 spiro atoms. The van der Waals surface area contributed by atoms with Crippen LogP contribution in [0.15, 0.2) is 47.5 Å². The number of amides is 2. The zero-order chi connectivity index (χ0) is 20.1. The average molecular weight is 388 g/mol. The van der Waals surface area contributed by atoms with Crippen molar-refractivity contribution >= 4 is 22.8 Å². The van der Waals surface area contributed by atoms with E-state index in [1.165, 1.54) is 4.80 Å². The van der Waals surface area contributed by atoms with E-state index in [4.69, 9.17) is 0 Å². The van der Waals surface area contributed by atoms with Crippen LogP contribution in [0.5, 0.6) is 5.75 Å². The number of hydrogen-bond acceptors (Lipinski definition) is 5. The van der Waals surface area contributed by atoms with Crippen molar-refractivity contribution in [3.05, 3.63) is 58.7 Å². The van der Waals surface area contributed by atoms with E-state index in [9.17, 15) is 14.7 Å². The maximum Gasteiger partial charge on any atom is 0.254 e.